The zero-order valence-electron chi connectivity index (χ0n) is 29.6. The minimum Gasteiger partial charge on any atom is -1.00 e. The van der Waals surface area contributed by atoms with E-state index in [-0.39, 0.29) is 41.1 Å². The van der Waals surface area contributed by atoms with E-state index in [0.29, 0.717) is 3.63 Å². The average Bonchev–Trinajstić information content (AvgIpc) is 3.47. The van der Waals surface area contributed by atoms with Crippen LogP contribution in [-0.4, -0.2) is 0 Å². The molecule has 0 radical (unpaired) electrons. The van der Waals surface area contributed by atoms with Gasteiger partial charge in [-0.15, -0.1) is 0 Å². The molecule has 4 aromatic carbocycles. The molecular formula is C44H48Cl2Zr. The Hall–Kier alpha value is -2.44. The summed E-state index contributed by atoms with van der Waals surface area (Å²) in [5, 5.41) is 0. The van der Waals surface area contributed by atoms with Crippen molar-refractivity contribution in [1.82, 2.24) is 0 Å². The Bertz CT molecular complexity index is 1750. The first kappa shape index (κ1) is 37.4. The van der Waals surface area contributed by atoms with Crippen molar-refractivity contribution in [2.45, 2.75) is 83.7 Å². The minimum atomic E-state index is -1.25. The monoisotopic (exact) mass is 736 g/mol. The van der Waals surface area contributed by atoms with Gasteiger partial charge in [-0.2, -0.15) is 0 Å². The SMILES string of the molecule is CC1=[C]([Zr+2][CH]2c3cc(C(C)(C)C)ccc3-c3ccc(C(C)(C)C)cc32)C(=C(c2ccccc2)c2ccccc2)C(C(C)(C)C)=C1.[Cl-].[Cl-]. The van der Waals surface area contributed by atoms with Crippen LogP contribution in [0.25, 0.3) is 16.7 Å². The van der Waals surface area contributed by atoms with E-state index in [9.17, 15) is 0 Å². The molecule has 2 aliphatic carbocycles. The Morgan fingerprint density at radius 3 is 1.36 bits per heavy atom. The van der Waals surface area contributed by atoms with Crippen molar-refractivity contribution in [3.05, 3.63) is 157 Å². The van der Waals surface area contributed by atoms with Crippen molar-refractivity contribution in [2.75, 3.05) is 0 Å². The Kier molecular flexibility index (Phi) is 11.0. The van der Waals surface area contributed by atoms with Gasteiger partial charge in [-0.1, -0.05) is 0 Å². The van der Waals surface area contributed by atoms with Crippen LogP contribution in [0.2, 0.25) is 0 Å². The van der Waals surface area contributed by atoms with Crippen molar-refractivity contribution < 1.29 is 48.0 Å². The topological polar surface area (TPSA) is 0 Å². The predicted octanol–water partition coefficient (Wildman–Crippen LogP) is 6.20. The second kappa shape index (κ2) is 13.8. The fourth-order valence-electron chi connectivity index (χ4n) is 6.89. The van der Waals surface area contributed by atoms with Crippen LogP contribution >= 0.6 is 0 Å². The molecule has 4 aromatic rings. The van der Waals surface area contributed by atoms with Gasteiger partial charge < -0.3 is 24.8 Å². The number of benzene rings is 4. The largest absolute Gasteiger partial charge is 1.00 e. The van der Waals surface area contributed by atoms with Crippen molar-refractivity contribution in [3.8, 4) is 11.1 Å². The van der Waals surface area contributed by atoms with E-state index in [1.165, 1.54) is 55.7 Å². The molecule has 0 atom stereocenters. The summed E-state index contributed by atoms with van der Waals surface area (Å²) in [6.45, 7) is 23.6. The Labute approximate surface area is 308 Å². The molecule has 0 aromatic heterocycles. The van der Waals surface area contributed by atoms with Gasteiger partial charge >= 0.3 is 286 Å². The van der Waals surface area contributed by atoms with Gasteiger partial charge in [-0.05, 0) is 0 Å². The summed E-state index contributed by atoms with van der Waals surface area (Å²) >= 11 is -1.25. The first-order valence-electron chi connectivity index (χ1n) is 16.5. The average molecular weight is 739 g/mol. The molecule has 0 heterocycles. The number of rotatable bonds is 4. The molecule has 0 saturated heterocycles. The van der Waals surface area contributed by atoms with E-state index < -0.39 is 23.2 Å². The van der Waals surface area contributed by atoms with Crippen molar-refractivity contribution >= 4 is 5.57 Å². The molecular weight excluding hydrogens is 691 g/mol. The third-order valence-electron chi connectivity index (χ3n) is 9.49. The fraction of sp³-hybridized carbons (Fsp3) is 0.318. The molecule has 0 spiro atoms. The molecule has 0 saturated carbocycles. The Morgan fingerprint density at radius 1 is 0.553 bits per heavy atom. The number of hydrogen-bond donors (Lipinski definition) is 0. The third kappa shape index (κ3) is 7.30. The molecule has 0 unspecified atom stereocenters. The second-order valence-electron chi connectivity index (χ2n) is 16.0. The molecule has 3 heteroatoms. The maximum Gasteiger partial charge on any atom is -1.00 e. The van der Waals surface area contributed by atoms with Gasteiger partial charge in [0.25, 0.3) is 0 Å². The van der Waals surface area contributed by atoms with Gasteiger partial charge in [-0.3, -0.25) is 0 Å². The van der Waals surface area contributed by atoms with E-state index in [1.807, 2.05) is 0 Å². The van der Waals surface area contributed by atoms with Crippen LogP contribution in [0.3, 0.4) is 0 Å². The van der Waals surface area contributed by atoms with Crippen molar-refractivity contribution in [1.29, 1.82) is 0 Å². The fourth-order valence-corrected chi connectivity index (χ4v) is 11.3. The van der Waals surface area contributed by atoms with E-state index in [0.717, 1.165) is 0 Å². The zero-order valence-corrected chi connectivity index (χ0v) is 33.6. The molecule has 6 rings (SSSR count). The van der Waals surface area contributed by atoms with Crippen LogP contribution in [0, 0.1) is 5.41 Å². The van der Waals surface area contributed by atoms with Gasteiger partial charge in [0, 0.05) is 0 Å². The van der Waals surface area contributed by atoms with Gasteiger partial charge in [0.1, 0.15) is 0 Å². The summed E-state index contributed by atoms with van der Waals surface area (Å²) in [5.74, 6) is 0. The number of halogens is 2. The van der Waals surface area contributed by atoms with Gasteiger partial charge in [0.15, 0.2) is 0 Å². The van der Waals surface area contributed by atoms with Crippen LogP contribution in [0.1, 0.15) is 106 Å². The van der Waals surface area contributed by atoms with Gasteiger partial charge in [0.05, 0.1) is 0 Å². The number of fused-ring (bicyclic) bond motifs is 3. The Balaban J connectivity index is 0.00000250. The van der Waals surface area contributed by atoms with E-state index in [1.54, 1.807) is 14.4 Å². The van der Waals surface area contributed by atoms with E-state index in [4.69, 9.17) is 0 Å². The van der Waals surface area contributed by atoms with Crippen LogP contribution in [0.4, 0.5) is 0 Å². The van der Waals surface area contributed by atoms with Gasteiger partial charge in [-0.25, -0.2) is 0 Å². The predicted molar refractivity (Wildman–Crippen MR) is 190 cm³/mol. The molecule has 0 fully saturated rings. The molecule has 0 bridgehead atoms. The first-order valence-corrected chi connectivity index (χ1v) is 19.1. The van der Waals surface area contributed by atoms with Crippen LogP contribution in [0.15, 0.2) is 123 Å². The molecule has 47 heavy (non-hydrogen) atoms. The quantitative estimate of drug-likeness (QED) is 0.234. The van der Waals surface area contributed by atoms with Crippen molar-refractivity contribution in [3.63, 3.8) is 0 Å². The molecule has 0 N–H and O–H groups in total. The summed E-state index contributed by atoms with van der Waals surface area (Å²) in [7, 11) is 0. The standard InChI is InChI=1S/C23H23.C21H25.2ClH.Zr/c1-17-15-20(21(16-17)23(2,3)4)22(18-11-7-5-8-12-18)19-13-9-6-10-14-19;1-20(2,3)16-7-9-18-14(12-16)11-15-13-17(21(4,5)6)8-10-19(15)18;;;/h5-14,16H,1-4H3;7-13H,1-6H3;2*1H;/q;;;;+2/p-2. The third-order valence-corrected chi connectivity index (χ3v) is 14.0. The normalized spacial score (nSPS) is 14.5. The molecule has 0 nitrogen and oxygen atoms in total. The summed E-state index contributed by atoms with van der Waals surface area (Å²) in [6.07, 6.45) is 2.53. The summed E-state index contributed by atoms with van der Waals surface area (Å²) in [6, 6.07) is 37.0. The van der Waals surface area contributed by atoms with E-state index >= 15 is 0 Å². The number of hydrogen-bond acceptors (Lipinski definition) is 0. The first-order chi connectivity index (χ1) is 21.1. The Morgan fingerprint density at radius 2 is 0.979 bits per heavy atom. The maximum absolute atomic E-state index is 2.57. The summed E-state index contributed by atoms with van der Waals surface area (Å²) in [5.41, 5.74) is 17.6. The minimum absolute atomic E-state index is 0. The number of allylic oxidation sites excluding steroid dienone is 5. The molecule has 242 valence electrons. The van der Waals surface area contributed by atoms with Crippen LogP contribution < -0.4 is 24.8 Å². The summed E-state index contributed by atoms with van der Waals surface area (Å²) < 4.78 is 2.11. The smallest absolute Gasteiger partial charge is 1.00 e. The van der Waals surface area contributed by atoms with Crippen LogP contribution in [0.5, 0.6) is 0 Å². The van der Waals surface area contributed by atoms with Crippen molar-refractivity contribution in [2.24, 2.45) is 5.41 Å². The molecule has 0 aliphatic heterocycles. The molecule has 2 aliphatic rings. The second-order valence-corrected chi connectivity index (χ2v) is 19.4. The maximum atomic E-state index is 2.57. The summed E-state index contributed by atoms with van der Waals surface area (Å²) in [4.78, 5) is 0. The van der Waals surface area contributed by atoms with E-state index in [2.05, 4.69) is 172 Å². The zero-order chi connectivity index (χ0) is 32.3. The van der Waals surface area contributed by atoms with Crippen LogP contribution in [-0.2, 0) is 34.1 Å². The molecule has 0 amide bonds. The van der Waals surface area contributed by atoms with Gasteiger partial charge in [0.2, 0.25) is 0 Å².